The monoisotopic (exact) mass is 303 g/mol. The van der Waals surface area contributed by atoms with Gasteiger partial charge in [-0.2, -0.15) is 15.0 Å². The van der Waals surface area contributed by atoms with Crippen LogP contribution in [0.25, 0.3) is 5.57 Å². The predicted octanol–water partition coefficient (Wildman–Crippen LogP) is 4.36. The van der Waals surface area contributed by atoms with Crippen LogP contribution in [0.1, 0.15) is 5.82 Å². The molecule has 1 aliphatic carbocycles. The van der Waals surface area contributed by atoms with Crippen LogP contribution in [0.2, 0.25) is 10.6 Å². The minimum Gasteiger partial charge on any atom is -0.198 e. The van der Waals surface area contributed by atoms with Gasteiger partial charge in [-0.15, -0.1) is 0 Å². The van der Waals surface area contributed by atoms with Gasteiger partial charge in [-0.3, -0.25) is 0 Å². The third-order valence-corrected chi connectivity index (χ3v) is 2.62. The zero-order chi connectivity index (χ0) is 14.2. The van der Waals surface area contributed by atoms with E-state index in [1.54, 1.807) is 0 Å². The molecule has 1 aliphatic rings. The van der Waals surface area contributed by atoms with Crippen LogP contribution in [0.3, 0.4) is 0 Å². The molecular weight excluding hydrogens is 293 g/mol. The normalized spacial score (nSPS) is 21.2. The Labute approximate surface area is 127 Å². The van der Waals surface area contributed by atoms with Crippen molar-refractivity contribution in [1.29, 1.82) is 0 Å². The molecule has 0 atom stereocenters. The van der Waals surface area contributed by atoms with Crippen molar-refractivity contribution in [2.45, 2.75) is 0 Å². The summed E-state index contributed by atoms with van der Waals surface area (Å²) < 4.78 is 0. The quantitative estimate of drug-likeness (QED) is 0.774. The molecule has 0 bridgehead atoms. The van der Waals surface area contributed by atoms with Crippen molar-refractivity contribution in [1.82, 2.24) is 15.0 Å². The van der Waals surface area contributed by atoms with E-state index in [-0.39, 0.29) is 10.6 Å². The van der Waals surface area contributed by atoms with Gasteiger partial charge in [0, 0.05) is 5.57 Å². The van der Waals surface area contributed by atoms with E-state index in [1.807, 2.05) is 66.8 Å². The summed E-state index contributed by atoms with van der Waals surface area (Å²) in [5, 5.41) is 0.144. The Morgan fingerprint density at radius 2 is 1.10 bits per heavy atom. The number of nitrogens with zero attached hydrogens (tertiary/aromatic N) is 3. The summed E-state index contributed by atoms with van der Waals surface area (Å²) in [7, 11) is 0. The Hall–Kier alpha value is -1.97. The molecule has 0 N–H and O–H groups in total. The van der Waals surface area contributed by atoms with Crippen LogP contribution in [0.15, 0.2) is 66.8 Å². The number of hydrogen-bond acceptors (Lipinski definition) is 3. The van der Waals surface area contributed by atoms with E-state index in [9.17, 15) is 0 Å². The fraction of sp³-hybridized carbons (Fsp3) is 0. The maximum Gasteiger partial charge on any atom is 0.227 e. The van der Waals surface area contributed by atoms with Crippen LogP contribution in [-0.4, -0.2) is 15.0 Å². The third kappa shape index (κ3) is 4.61. The molecule has 2 rings (SSSR count). The fourth-order valence-corrected chi connectivity index (χ4v) is 1.79. The fourth-order valence-electron chi connectivity index (χ4n) is 1.43. The summed E-state index contributed by atoms with van der Waals surface area (Å²) in [6.45, 7) is 0. The van der Waals surface area contributed by atoms with Gasteiger partial charge in [0.1, 0.15) is 0 Å². The van der Waals surface area contributed by atoms with Crippen LogP contribution < -0.4 is 0 Å². The van der Waals surface area contributed by atoms with Gasteiger partial charge in [0.2, 0.25) is 10.6 Å². The molecule has 0 saturated heterocycles. The number of rotatable bonds is 1. The van der Waals surface area contributed by atoms with Crippen LogP contribution in [-0.2, 0) is 0 Å². The first-order valence-electron chi connectivity index (χ1n) is 5.88. The Morgan fingerprint density at radius 3 is 1.70 bits per heavy atom. The van der Waals surface area contributed by atoms with E-state index in [0.717, 1.165) is 5.57 Å². The SMILES string of the molecule is Clc1nc(Cl)nc(C2=C\C=C/C=C\C=C/C=C\C=C2)n1. The number of hydrogen-bond donors (Lipinski definition) is 0. The van der Waals surface area contributed by atoms with Crippen molar-refractivity contribution in [3.8, 4) is 0 Å². The Morgan fingerprint density at radius 1 is 0.600 bits per heavy atom. The molecule has 0 radical (unpaired) electrons. The van der Waals surface area contributed by atoms with Gasteiger partial charge in [-0.25, -0.2) is 0 Å². The summed E-state index contributed by atoms with van der Waals surface area (Å²) in [6, 6.07) is 0. The zero-order valence-corrected chi connectivity index (χ0v) is 12.0. The molecule has 0 fully saturated rings. The minimum atomic E-state index is 0.0720. The van der Waals surface area contributed by atoms with E-state index in [4.69, 9.17) is 23.2 Å². The van der Waals surface area contributed by atoms with Crippen molar-refractivity contribution >= 4 is 28.8 Å². The lowest BCUT2D eigenvalue weighted by atomic mass is 10.2. The Balaban J connectivity index is 2.39. The van der Waals surface area contributed by atoms with E-state index < -0.39 is 0 Å². The summed E-state index contributed by atoms with van der Waals surface area (Å²) in [5.41, 5.74) is 0.787. The summed E-state index contributed by atoms with van der Waals surface area (Å²) in [5.74, 6) is 0.431. The Bertz CT molecular complexity index is 633. The molecule has 5 heteroatoms. The summed E-state index contributed by atoms with van der Waals surface area (Å²) in [4.78, 5) is 11.9. The number of allylic oxidation sites excluding steroid dienone is 12. The van der Waals surface area contributed by atoms with Crippen molar-refractivity contribution in [2.24, 2.45) is 0 Å². The molecule has 1 aromatic heterocycles. The lowest BCUT2D eigenvalue weighted by molar-refractivity contribution is 1.02. The van der Waals surface area contributed by atoms with Gasteiger partial charge in [-0.05, 0) is 23.2 Å². The highest BCUT2D eigenvalue weighted by Crippen LogP contribution is 2.16. The van der Waals surface area contributed by atoms with Crippen LogP contribution in [0.4, 0.5) is 0 Å². The molecule has 100 valence electrons. The van der Waals surface area contributed by atoms with Crippen molar-refractivity contribution < 1.29 is 0 Å². The second kappa shape index (κ2) is 7.58. The second-order valence-electron chi connectivity index (χ2n) is 3.72. The summed E-state index contributed by atoms with van der Waals surface area (Å²) >= 11 is 11.6. The van der Waals surface area contributed by atoms with E-state index in [2.05, 4.69) is 15.0 Å². The maximum atomic E-state index is 5.80. The average molecular weight is 304 g/mol. The highest BCUT2D eigenvalue weighted by atomic mass is 35.5. The lowest BCUT2D eigenvalue weighted by Crippen LogP contribution is -1.96. The first kappa shape index (κ1) is 14.4. The van der Waals surface area contributed by atoms with Gasteiger partial charge in [0.25, 0.3) is 0 Å². The molecule has 1 heterocycles. The molecule has 20 heavy (non-hydrogen) atoms. The van der Waals surface area contributed by atoms with Gasteiger partial charge >= 0.3 is 0 Å². The number of halogens is 2. The van der Waals surface area contributed by atoms with Crippen LogP contribution in [0, 0.1) is 0 Å². The lowest BCUT2D eigenvalue weighted by Gasteiger charge is -2.00. The largest absolute Gasteiger partial charge is 0.227 e. The predicted molar refractivity (Wildman–Crippen MR) is 83.5 cm³/mol. The first-order chi connectivity index (χ1) is 9.75. The smallest absolute Gasteiger partial charge is 0.198 e. The van der Waals surface area contributed by atoms with Crippen molar-refractivity contribution in [2.75, 3.05) is 0 Å². The molecule has 0 amide bonds. The van der Waals surface area contributed by atoms with Gasteiger partial charge < -0.3 is 0 Å². The maximum absolute atomic E-state index is 5.80. The van der Waals surface area contributed by atoms with Crippen LogP contribution in [0.5, 0.6) is 0 Å². The van der Waals surface area contributed by atoms with E-state index in [0.29, 0.717) is 5.82 Å². The molecule has 1 aromatic rings. The standard InChI is InChI=1S/C15H11Cl2N3/c16-14-18-13(19-15(17)20-14)12-10-8-6-4-2-1-3-5-7-9-11-12/h1-11H/b2-1-,3-1?,4-2?,5-3-,6-4-,7-5?,8-6?,9-7-,10-8?,11-9?,12-10?,12-11?. The molecule has 3 nitrogen and oxygen atoms in total. The highest BCUT2D eigenvalue weighted by Gasteiger charge is 2.05. The molecular formula is C15H11Cl2N3. The van der Waals surface area contributed by atoms with Crippen molar-refractivity contribution in [3.63, 3.8) is 0 Å². The van der Waals surface area contributed by atoms with E-state index >= 15 is 0 Å². The highest BCUT2D eigenvalue weighted by molar-refractivity contribution is 6.31. The van der Waals surface area contributed by atoms with Crippen molar-refractivity contribution in [3.05, 3.63) is 83.2 Å². The van der Waals surface area contributed by atoms with Gasteiger partial charge in [0.05, 0.1) is 0 Å². The van der Waals surface area contributed by atoms with Crippen LogP contribution >= 0.6 is 23.2 Å². The molecule has 0 unspecified atom stereocenters. The zero-order valence-electron chi connectivity index (χ0n) is 10.4. The van der Waals surface area contributed by atoms with Gasteiger partial charge in [0.15, 0.2) is 5.82 Å². The average Bonchev–Trinajstić information content (AvgIpc) is 2.38. The molecule has 0 aromatic carbocycles. The Kier molecular flexibility index (Phi) is 5.47. The molecule has 0 spiro atoms. The first-order valence-corrected chi connectivity index (χ1v) is 6.64. The molecule has 0 aliphatic heterocycles. The van der Waals surface area contributed by atoms with Gasteiger partial charge in [-0.1, -0.05) is 66.8 Å². The number of aromatic nitrogens is 3. The van der Waals surface area contributed by atoms with E-state index in [1.165, 1.54) is 0 Å². The second-order valence-corrected chi connectivity index (χ2v) is 4.39. The molecule has 0 saturated carbocycles. The minimum absolute atomic E-state index is 0.0720. The summed E-state index contributed by atoms with van der Waals surface area (Å²) in [6.07, 6.45) is 21.0. The topological polar surface area (TPSA) is 38.7 Å². The third-order valence-electron chi connectivity index (χ3n) is 2.28.